The summed E-state index contributed by atoms with van der Waals surface area (Å²) in [4.78, 5) is 0. The van der Waals surface area contributed by atoms with Crippen molar-refractivity contribution in [3.8, 4) is 0 Å². The van der Waals surface area contributed by atoms with Crippen LogP contribution in [-0.2, 0) is 19.3 Å². The first kappa shape index (κ1) is 13.8. The standard InChI is InChI=1S/C8H18O5S/c1-2-3-6-12-7-4-5-8-13-14(9,10)11/h2-8H2,1H3,(H,9,10,11). The molecule has 0 aliphatic heterocycles. The highest BCUT2D eigenvalue weighted by atomic mass is 32.3. The lowest BCUT2D eigenvalue weighted by atomic mass is 10.3. The predicted molar refractivity (Wildman–Crippen MR) is 52.5 cm³/mol. The summed E-state index contributed by atoms with van der Waals surface area (Å²) >= 11 is 0. The highest BCUT2D eigenvalue weighted by molar-refractivity contribution is 7.80. The van der Waals surface area contributed by atoms with Gasteiger partial charge in [-0.3, -0.25) is 4.55 Å². The Morgan fingerprint density at radius 2 is 1.64 bits per heavy atom. The van der Waals surface area contributed by atoms with Crippen LogP contribution in [0.1, 0.15) is 32.6 Å². The average Bonchev–Trinajstić information content (AvgIpc) is 2.08. The molecule has 5 nitrogen and oxygen atoms in total. The van der Waals surface area contributed by atoms with E-state index in [-0.39, 0.29) is 6.61 Å². The van der Waals surface area contributed by atoms with Crippen LogP contribution in [0.15, 0.2) is 0 Å². The molecule has 0 amide bonds. The normalized spacial score (nSPS) is 11.9. The van der Waals surface area contributed by atoms with Gasteiger partial charge >= 0.3 is 10.4 Å². The number of rotatable bonds is 9. The maximum Gasteiger partial charge on any atom is 0.397 e. The van der Waals surface area contributed by atoms with E-state index >= 15 is 0 Å². The van der Waals surface area contributed by atoms with Gasteiger partial charge in [-0.15, -0.1) is 0 Å². The van der Waals surface area contributed by atoms with Gasteiger partial charge in [-0.1, -0.05) is 13.3 Å². The largest absolute Gasteiger partial charge is 0.397 e. The zero-order chi connectivity index (χ0) is 10.9. The molecule has 0 fully saturated rings. The van der Waals surface area contributed by atoms with Gasteiger partial charge in [0.05, 0.1) is 6.61 Å². The van der Waals surface area contributed by atoms with E-state index < -0.39 is 10.4 Å². The monoisotopic (exact) mass is 226 g/mol. The molecule has 0 aliphatic carbocycles. The Balaban J connectivity index is 3.07. The Morgan fingerprint density at radius 3 is 2.21 bits per heavy atom. The van der Waals surface area contributed by atoms with Crippen molar-refractivity contribution in [3.63, 3.8) is 0 Å². The lowest BCUT2D eigenvalue weighted by Gasteiger charge is -2.02. The van der Waals surface area contributed by atoms with Crippen LogP contribution in [0, 0.1) is 0 Å². The SMILES string of the molecule is CCCCOCCCCOS(=O)(=O)O. The van der Waals surface area contributed by atoms with Crippen LogP contribution in [0.5, 0.6) is 0 Å². The van der Waals surface area contributed by atoms with Crippen LogP contribution in [0.3, 0.4) is 0 Å². The molecule has 0 saturated heterocycles. The summed E-state index contributed by atoms with van der Waals surface area (Å²) in [6.07, 6.45) is 3.44. The molecule has 0 radical (unpaired) electrons. The third-order valence-electron chi connectivity index (χ3n) is 1.56. The minimum absolute atomic E-state index is 0.00989. The van der Waals surface area contributed by atoms with Gasteiger partial charge in [0.25, 0.3) is 0 Å². The molecule has 0 bridgehead atoms. The summed E-state index contributed by atoms with van der Waals surface area (Å²) in [5.74, 6) is 0. The van der Waals surface area contributed by atoms with E-state index in [0.717, 1.165) is 25.9 Å². The molecule has 6 heteroatoms. The second-order valence-corrected chi connectivity index (χ2v) is 4.01. The van der Waals surface area contributed by atoms with Crippen LogP contribution in [0.25, 0.3) is 0 Å². The van der Waals surface area contributed by atoms with Gasteiger partial charge in [-0.25, -0.2) is 4.18 Å². The zero-order valence-corrected chi connectivity index (χ0v) is 9.25. The minimum atomic E-state index is -4.27. The van der Waals surface area contributed by atoms with Crippen LogP contribution in [-0.4, -0.2) is 32.8 Å². The summed E-state index contributed by atoms with van der Waals surface area (Å²) in [6.45, 7) is 3.45. The summed E-state index contributed by atoms with van der Waals surface area (Å²) in [7, 11) is -4.27. The lowest BCUT2D eigenvalue weighted by Crippen LogP contribution is -2.06. The molecular weight excluding hydrogens is 208 g/mol. The predicted octanol–water partition coefficient (Wildman–Crippen LogP) is 1.40. The zero-order valence-electron chi connectivity index (χ0n) is 8.44. The smallest absolute Gasteiger partial charge is 0.381 e. The van der Waals surface area contributed by atoms with E-state index in [1.165, 1.54) is 0 Å². The first-order valence-corrected chi connectivity index (χ1v) is 6.12. The van der Waals surface area contributed by atoms with Crippen molar-refractivity contribution in [2.24, 2.45) is 0 Å². The highest BCUT2D eigenvalue weighted by Gasteiger charge is 2.02. The molecule has 0 unspecified atom stereocenters. The fourth-order valence-electron chi connectivity index (χ4n) is 0.819. The molecule has 86 valence electrons. The van der Waals surface area contributed by atoms with Crippen molar-refractivity contribution in [1.82, 2.24) is 0 Å². The number of unbranched alkanes of at least 4 members (excludes halogenated alkanes) is 2. The Morgan fingerprint density at radius 1 is 1.07 bits per heavy atom. The Hall–Kier alpha value is -0.170. The lowest BCUT2D eigenvalue weighted by molar-refractivity contribution is 0.123. The Bertz CT molecular complexity index is 212. The van der Waals surface area contributed by atoms with Gasteiger partial charge in [-0.2, -0.15) is 8.42 Å². The van der Waals surface area contributed by atoms with Gasteiger partial charge in [0, 0.05) is 13.2 Å². The number of ether oxygens (including phenoxy) is 1. The first-order valence-electron chi connectivity index (χ1n) is 4.76. The Labute approximate surface area is 85.4 Å². The molecule has 0 spiro atoms. The molecule has 0 saturated carbocycles. The van der Waals surface area contributed by atoms with Crippen molar-refractivity contribution in [1.29, 1.82) is 0 Å². The van der Waals surface area contributed by atoms with E-state index in [1.807, 2.05) is 0 Å². The van der Waals surface area contributed by atoms with E-state index in [4.69, 9.17) is 9.29 Å². The fourth-order valence-corrected chi connectivity index (χ4v) is 1.15. The minimum Gasteiger partial charge on any atom is -0.381 e. The van der Waals surface area contributed by atoms with Crippen LogP contribution in [0.2, 0.25) is 0 Å². The maximum atomic E-state index is 10.1. The molecule has 1 N–H and O–H groups in total. The number of hydrogen-bond acceptors (Lipinski definition) is 4. The molecule has 0 aromatic carbocycles. The molecule has 0 aliphatic rings. The maximum absolute atomic E-state index is 10.1. The van der Waals surface area contributed by atoms with Gasteiger partial charge in [0.2, 0.25) is 0 Å². The van der Waals surface area contributed by atoms with E-state index in [2.05, 4.69) is 11.1 Å². The van der Waals surface area contributed by atoms with Crippen LogP contribution >= 0.6 is 0 Å². The highest BCUT2D eigenvalue weighted by Crippen LogP contribution is 1.96. The van der Waals surface area contributed by atoms with Crippen molar-refractivity contribution in [3.05, 3.63) is 0 Å². The summed E-state index contributed by atoms with van der Waals surface area (Å²) in [5, 5.41) is 0. The van der Waals surface area contributed by atoms with E-state index in [0.29, 0.717) is 13.0 Å². The van der Waals surface area contributed by atoms with Gasteiger partial charge in [0.15, 0.2) is 0 Å². The topological polar surface area (TPSA) is 72.8 Å². The molecule has 14 heavy (non-hydrogen) atoms. The van der Waals surface area contributed by atoms with Crippen LogP contribution < -0.4 is 0 Å². The van der Waals surface area contributed by atoms with E-state index in [1.54, 1.807) is 0 Å². The average molecular weight is 226 g/mol. The molecular formula is C8H18O5S. The fraction of sp³-hybridized carbons (Fsp3) is 1.00. The molecule has 0 atom stereocenters. The second-order valence-electron chi connectivity index (χ2n) is 2.92. The van der Waals surface area contributed by atoms with Gasteiger partial charge in [-0.05, 0) is 19.3 Å². The molecule has 0 aromatic rings. The van der Waals surface area contributed by atoms with Crippen molar-refractivity contribution >= 4 is 10.4 Å². The van der Waals surface area contributed by atoms with Crippen LogP contribution in [0.4, 0.5) is 0 Å². The molecule has 0 rings (SSSR count). The van der Waals surface area contributed by atoms with Crippen molar-refractivity contribution in [2.45, 2.75) is 32.6 Å². The second kappa shape index (κ2) is 8.16. The molecule has 0 aromatic heterocycles. The number of hydrogen-bond donors (Lipinski definition) is 1. The first-order chi connectivity index (χ1) is 6.56. The van der Waals surface area contributed by atoms with E-state index in [9.17, 15) is 8.42 Å². The van der Waals surface area contributed by atoms with Gasteiger partial charge in [0.1, 0.15) is 0 Å². The third kappa shape index (κ3) is 11.8. The van der Waals surface area contributed by atoms with Crippen molar-refractivity contribution in [2.75, 3.05) is 19.8 Å². The summed E-state index contributed by atoms with van der Waals surface area (Å²) < 4.78 is 37.8. The Kier molecular flexibility index (Phi) is 8.07. The summed E-state index contributed by atoms with van der Waals surface area (Å²) in [6, 6.07) is 0. The third-order valence-corrected chi connectivity index (χ3v) is 2.02. The quantitative estimate of drug-likeness (QED) is 0.475. The van der Waals surface area contributed by atoms with Gasteiger partial charge < -0.3 is 4.74 Å². The summed E-state index contributed by atoms with van der Waals surface area (Å²) in [5.41, 5.74) is 0. The van der Waals surface area contributed by atoms with Crippen molar-refractivity contribution < 1.29 is 21.9 Å². The molecule has 0 heterocycles.